The molecular formula is C20H25N3O3. The molecule has 1 amide bonds. The van der Waals surface area contributed by atoms with Gasteiger partial charge in [-0.05, 0) is 45.2 Å². The van der Waals surface area contributed by atoms with Gasteiger partial charge >= 0.3 is 0 Å². The Kier molecular flexibility index (Phi) is 5.52. The van der Waals surface area contributed by atoms with Crippen molar-refractivity contribution < 1.29 is 14.6 Å². The number of aliphatic hydroxyl groups is 1. The number of carbonyl (C=O) groups excluding carboxylic acids is 1. The number of ether oxygens (including phenoxy) is 1. The van der Waals surface area contributed by atoms with E-state index in [-0.39, 0.29) is 18.1 Å². The summed E-state index contributed by atoms with van der Waals surface area (Å²) in [4.78, 5) is 22.9. The number of benzene rings is 1. The highest BCUT2D eigenvalue weighted by Crippen LogP contribution is 2.27. The first-order valence-corrected chi connectivity index (χ1v) is 8.94. The van der Waals surface area contributed by atoms with Gasteiger partial charge in [0.15, 0.2) is 0 Å². The third kappa shape index (κ3) is 3.85. The fourth-order valence-corrected chi connectivity index (χ4v) is 3.48. The molecule has 1 saturated carbocycles. The van der Waals surface area contributed by atoms with Gasteiger partial charge in [0, 0.05) is 13.2 Å². The Hall–Kier alpha value is -2.47. The Bertz CT molecular complexity index is 766. The molecule has 1 aromatic heterocycles. The minimum atomic E-state index is -0.746. The Morgan fingerprint density at radius 2 is 1.96 bits per heavy atom. The van der Waals surface area contributed by atoms with E-state index in [4.69, 9.17) is 4.74 Å². The van der Waals surface area contributed by atoms with Crippen molar-refractivity contribution in [3.8, 4) is 5.75 Å². The topological polar surface area (TPSA) is 75.6 Å². The second-order valence-electron chi connectivity index (χ2n) is 6.79. The standard InChI is InChI=1S/C20H25N3O3/c1-13-16(12-21-14(2)22-13)20(25)23(3)17-10-7-11-18(19(17)24)26-15-8-5-4-6-9-15/h4-6,8-9,12,17-19,24H,7,10-11H2,1-3H3/t17-,18-,19-/m1/s1. The Labute approximate surface area is 153 Å². The summed E-state index contributed by atoms with van der Waals surface area (Å²) in [5, 5.41) is 10.8. The summed E-state index contributed by atoms with van der Waals surface area (Å²) in [6.45, 7) is 3.59. The van der Waals surface area contributed by atoms with Gasteiger partial charge in [-0.25, -0.2) is 9.97 Å². The molecule has 0 unspecified atom stereocenters. The summed E-state index contributed by atoms with van der Waals surface area (Å²) in [5.41, 5.74) is 1.12. The maximum atomic E-state index is 12.9. The van der Waals surface area contributed by atoms with Crippen molar-refractivity contribution in [3.63, 3.8) is 0 Å². The van der Waals surface area contributed by atoms with E-state index in [1.165, 1.54) is 0 Å². The molecule has 138 valence electrons. The number of aliphatic hydroxyl groups excluding tert-OH is 1. The number of likely N-dealkylation sites (N-methyl/N-ethyl adjacent to an activating group) is 1. The van der Waals surface area contributed by atoms with Crippen molar-refractivity contribution in [1.82, 2.24) is 14.9 Å². The molecule has 0 saturated heterocycles. The molecule has 26 heavy (non-hydrogen) atoms. The summed E-state index contributed by atoms with van der Waals surface area (Å²) in [5.74, 6) is 1.19. The van der Waals surface area contributed by atoms with Crippen LogP contribution in [0.1, 0.15) is 41.1 Å². The molecule has 1 N–H and O–H groups in total. The third-order valence-corrected chi connectivity index (χ3v) is 4.94. The highest BCUT2D eigenvalue weighted by atomic mass is 16.5. The quantitative estimate of drug-likeness (QED) is 0.912. The van der Waals surface area contributed by atoms with E-state index in [2.05, 4.69) is 9.97 Å². The van der Waals surface area contributed by atoms with Gasteiger partial charge < -0.3 is 14.7 Å². The van der Waals surface area contributed by atoms with E-state index in [9.17, 15) is 9.90 Å². The summed E-state index contributed by atoms with van der Waals surface area (Å²) in [7, 11) is 1.72. The minimum absolute atomic E-state index is 0.174. The number of aromatic nitrogens is 2. The van der Waals surface area contributed by atoms with E-state index in [0.717, 1.165) is 25.0 Å². The van der Waals surface area contributed by atoms with Crippen LogP contribution in [0.3, 0.4) is 0 Å². The summed E-state index contributed by atoms with van der Waals surface area (Å²) in [6, 6.07) is 9.17. The van der Waals surface area contributed by atoms with E-state index in [1.54, 1.807) is 32.0 Å². The molecular weight excluding hydrogens is 330 g/mol. The number of carbonyl (C=O) groups is 1. The highest BCUT2D eigenvalue weighted by Gasteiger charge is 2.37. The minimum Gasteiger partial charge on any atom is -0.488 e. The van der Waals surface area contributed by atoms with Crippen LogP contribution in [0.15, 0.2) is 36.5 Å². The molecule has 0 bridgehead atoms. The Morgan fingerprint density at radius 3 is 2.65 bits per heavy atom. The Balaban J connectivity index is 1.73. The number of nitrogens with zero attached hydrogens (tertiary/aromatic N) is 3. The number of para-hydroxylation sites is 1. The van der Waals surface area contributed by atoms with Crippen LogP contribution in [-0.2, 0) is 0 Å². The van der Waals surface area contributed by atoms with E-state index in [1.807, 2.05) is 30.3 Å². The molecule has 0 aliphatic heterocycles. The predicted octanol–water partition coefficient (Wildman–Crippen LogP) is 2.53. The first kappa shape index (κ1) is 18.3. The lowest BCUT2D eigenvalue weighted by Crippen LogP contribution is -2.53. The second-order valence-corrected chi connectivity index (χ2v) is 6.79. The fraction of sp³-hybridized carbons (Fsp3) is 0.450. The van der Waals surface area contributed by atoms with Crippen LogP contribution >= 0.6 is 0 Å². The number of hydrogen-bond donors (Lipinski definition) is 1. The molecule has 1 aromatic carbocycles. The van der Waals surface area contributed by atoms with E-state index < -0.39 is 6.10 Å². The van der Waals surface area contributed by atoms with Gasteiger partial charge in [-0.2, -0.15) is 0 Å². The molecule has 0 spiro atoms. The third-order valence-electron chi connectivity index (χ3n) is 4.94. The zero-order chi connectivity index (χ0) is 18.7. The summed E-state index contributed by atoms with van der Waals surface area (Å²) in [6.07, 6.45) is 2.88. The Morgan fingerprint density at radius 1 is 1.23 bits per heavy atom. The van der Waals surface area contributed by atoms with E-state index >= 15 is 0 Å². The molecule has 6 nitrogen and oxygen atoms in total. The van der Waals surface area contributed by atoms with Crippen molar-refractivity contribution in [3.05, 3.63) is 53.6 Å². The molecule has 3 atom stereocenters. The zero-order valence-electron chi connectivity index (χ0n) is 15.4. The van der Waals surface area contributed by atoms with Crippen LogP contribution in [0, 0.1) is 13.8 Å². The number of aryl methyl sites for hydroxylation is 2. The van der Waals surface area contributed by atoms with Crippen LogP contribution in [0.25, 0.3) is 0 Å². The largest absolute Gasteiger partial charge is 0.488 e. The fourth-order valence-electron chi connectivity index (χ4n) is 3.48. The van der Waals surface area contributed by atoms with Crippen LogP contribution < -0.4 is 4.74 Å². The van der Waals surface area contributed by atoms with Gasteiger partial charge in [0.05, 0.1) is 17.3 Å². The first-order chi connectivity index (χ1) is 12.5. The van der Waals surface area contributed by atoms with Crippen molar-refractivity contribution in [1.29, 1.82) is 0 Å². The lowest BCUT2D eigenvalue weighted by Gasteiger charge is -2.39. The molecule has 1 fully saturated rings. The highest BCUT2D eigenvalue weighted by molar-refractivity contribution is 5.95. The molecule has 1 aliphatic rings. The zero-order valence-corrected chi connectivity index (χ0v) is 15.4. The molecule has 1 aliphatic carbocycles. The van der Waals surface area contributed by atoms with Crippen molar-refractivity contribution in [2.24, 2.45) is 0 Å². The van der Waals surface area contributed by atoms with Crippen molar-refractivity contribution in [2.75, 3.05) is 7.05 Å². The van der Waals surface area contributed by atoms with Crippen molar-refractivity contribution in [2.45, 2.75) is 51.4 Å². The first-order valence-electron chi connectivity index (χ1n) is 8.94. The molecule has 1 heterocycles. The monoisotopic (exact) mass is 355 g/mol. The maximum Gasteiger partial charge on any atom is 0.257 e. The summed E-state index contributed by atoms with van der Waals surface area (Å²) >= 11 is 0. The normalized spacial score (nSPS) is 22.7. The van der Waals surface area contributed by atoms with Gasteiger partial charge in [-0.3, -0.25) is 4.79 Å². The van der Waals surface area contributed by atoms with Crippen molar-refractivity contribution >= 4 is 5.91 Å². The number of rotatable bonds is 4. The van der Waals surface area contributed by atoms with Crippen LogP contribution in [0.2, 0.25) is 0 Å². The number of amides is 1. The molecule has 2 aromatic rings. The predicted molar refractivity (Wildman–Crippen MR) is 98.1 cm³/mol. The SMILES string of the molecule is Cc1ncc(C(=O)N(C)[C@@H]2CCC[C@@H](Oc3ccccc3)[C@@H]2O)c(C)n1. The van der Waals surface area contributed by atoms with Gasteiger partial charge in [0.1, 0.15) is 23.8 Å². The molecule has 0 radical (unpaired) electrons. The summed E-state index contributed by atoms with van der Waals surface area (Å²) < 4.78 is 5.96. The van der Waals surface area contributed by atoms with Crippen LogP contribution in [-0.4, -0.2) is 51.2 Å². The van der Waals surface area contributed by atoms with Crippen LogP contribution in [0.4, 0.5) is 0 Å². The average molecular weight is 355 g/mol. The van der Waals surface area contributed by atoms with Gasteiger partial charge in [-0.15, -0.1) is 0 Å². The lowest BCUT2D eigenvalue weighted by atomic mass is 9.88. The van der Waals surface area contributed by atoms with Crippen LogP contribution in [0.5, 0.6) is 5.75 Å². The van der Waals surface area contributed by atoms with Gasteiger partial charge in [0.2, 0.25) is 0 Å². The smallest absolute Gasteiger partial charge is 0.257 e. The van der Waals surface area contributed by atoms with Gasteiger partial charge in [-0.1, -0.05) is 18.2 Å². The maximum absolute atomic E-state index is 12.9. The molecule has 3 rings (SSSR count). The second kappa shape index (κ2) is 7.83. The average Bonchev–Trinajstić information content (AvgIpc) is 2.63. The van der Waals surface area contributed by atoms with Gasteiger partial charge in [0.25, 0.3) is 5.91 Å². The lowest BCUT2D eigenvalue weighted by molar-refractivity contribution is -0.0413. The molecule has 6 heteroatoms. The van der Waals surface area contributed by atoms with E-state index in [0.29, 0.717) is 17.1 Å². The number of hydrogen-bond acceptors (Lipinski definition) is 5.